The van der Waals surface area contributed by atoms with Crippen molar-refractivity contribution in [1.82, 2.24) is 0 Å². The molecule has 0 aliphatic heterocycles. The maximum absolute atomic E-state index is 2.39. The van der Waals surface area contributed by atoms with Crippen molar-refractivity contribution in [3.8, 4) is 0 Å². The van der Waals surface area contributed by atoms with Crippen molar-refractivity contribution >= 4 is 9.52 Å². The summed E-state index contributed by atoms with van der Waals surface area (Å²) < 4.78 is 0. The zero-order valence-electron chi connectivity index (χ0n) is 6.69. The first-order valence-corrected chi connectivity index (χ1v) is 5.92. The van der Waals surface area contributed by atoms with E-state index in [1.54, 1.807) is 12.8 Å². The predicted molar refractivity (Wildman–Crippen MR) is 45.9 cm³/mol. The average molecular weight is 142 g/mol. The van der Waals surface area contributed by atoms with Gasteiger partial charge < -0.3 is 0 Å². The van der Waals surface area contributed by atoms with Crippen molar-refractivity contribution < 1.29 is 0 Å². The first kappa shape index (κ1) is 7.33. The highest BCUT2D eigenvalue weighted by Gasteiger charge is 2.15. The lowest BCUT2D eigenvalue weighted by molar-refractivity contribution is 0.842. The van der Waals surface area contributed by atoms with Gasteiger partial charge in [0.2, 0.25) is 0 Å². The lowest BCUT2D eigenvalue weighted by Crippen LogP contribution is -2.02. The largest absolute Gasteiger partial charge is 0.0657 e. The molecule has 0 radical (unpaired) electrons. The van der Waals surface area contributed by atoms with Crippen molar-refractivity contribution in [3.63, 3.8) is 0 Å². The third kappa shape index (κ3) is 2.52. The molecule has 0 aromatic carbocycles. The maximum atomic E-state index is 2.39. The summed E-state index contributed by atoms with van der Waals surface area (Å²) in [5.41, 5.74) is 2.29. The molecule has 1 aliphatic rings. The second-order valence-electron chi connectivity index (χ2n) is 3.78. The molecular formula is C8H18Si. The van der Waals surface area contributed by atoms with E-state index < -0.39 is 0 Å². The van der Waals surface area contributed by atoms with Crippen molar-refractivity contribution in [2.24, 2.45) is 0 Å². The Morgan fingerprint density at radius 3 is 2.22 bits per heavy atom. The van der Waals surface area contributed by atoms with Gasteiger partial charge in [-0.2, -0.15) is 0 Å². The highest BCUT2D eigenvalue weighted by molar-refractivity contribution is 6.39. The topological polar surface area (TPSA) is 0 Å². The lowest BCUT2D eigenvalue weighted by atomic mass is 10.4. The van der Waals surface area contributed by atoms with Gasteiger partial charge in [-0.3, -0.25) is 0 Å². The molecule has 0 nitrogen and oxygen atoms in total. The van der Waals surface area contributed by atoms with E-state index in [1.807, 2.05) is 0 Å². The molecule has 1 heteroatoms. The Hall–Kier alpha value is 0.217. The summed E-state index contributed by atoms with van der Waals surface area (Å²) in [4.78, 5) is 0. The van der Waals surface area contributed by atoms with E-state index in [0.29, 0.717) is 9.52 Å². The molecule has 1 rings (SSSR count). The molecule has 0 atom stereocenters. The molecule has 54 valence electrons. The molecule has 0 bridgehead atoms. The van der Waals surface area contributed by atoms with Crippen molar-refractivity contribution in [1.29, 1.82) is 0 Å². The number of hydrogen-bond donors (Lipinski definition) is 0. The second-order valence-corrected chi connectivity index (χ2v) is 7.04. The van der Waals surface area contributed by atoms with Crippen LogP contribution in [0.15, 0.2) is 0 Å². The van der Waals surface area contributed by atoms with Crippen LogP contribution in [0, 0.1) is 0 Å². The van der Waals surface area contributed by atoms with E-state index in [2.05, 4.69) is 13.8 Å². The summed E-state index contributed by atoms with van der Waals surface area (Å²) in [7, 11) is 0.323. The van der Waals surface area contributed by atoms with E-state index in [4.69, 9.17) is 0 Å². The molecule has 9 heavy (non-hydrogen) atoms. The molecule has 1 fully saturated rings. The third-order valence-corrected chi connectivity index (χ3v) is 4.71. The van der Waals surface area contributed by atoms with Gasteiger partial charge in [0.1, 0.15) is 0 Å². The monoisotopic (exact) mass is 142 g/mol. The molecule has 0 amide bonds. The minimum atomic E-state index is 0.323. The summed E-state index contributed by atoms with van der Waals surface area (Å²) in [6.45, 7) is 4.79. The van der Waals surface area contributed by atoms with Crippen LogP contribution in [0.4, 0.5) is 0 Å². The molecule has 0 N–H and O–H groups in total. The fourth-order valence-electron chi connectivity index (χ4n) is 1.91. The Morgan fingerprint density at radius 2 is 1.78 bits per heavy atom. The Labute approximate surface area is 60.9 Å². The molecule has 0 spiro atoms. The fourth-order valence-corrected chi connectivity index (χ4v) is 4.29. The van der Waals surface area contributed by atoms with Crippen LogP contribution in [0.3, 0.4) is 0 Å². The van der Waals surface area contributed by atoms with E-state index >= 15 is 0 Å². The molecular weight excluding hydrogens is 124 g/mol. The molecule has 1 aliphatic carbocycles. The van der Waals surface area contributed by atoms with Gasteiger partial charge in [-0.15, -0.1) is 0 Å². The Morgan fingerprint density at radius 1 is 1.22 bits per heavy atom. The van der Waals surface area contributed by atoms with E-state index in [1.165, 1.54) is 18.4 Å². The Kier molecular flexibility index (Phi) is 2.77. The van der Waals surface area contributed by atoms with Gasteiger partial charge in [0.15, 0.2) is 0 Å². The van der Waals surface area contributed by atoms with Crippen LogP contribution in [-0.4, -0.2) is 9.52 Å². The summed E-state index contributed by atoms with van der Waals surface area (Å²) >= 11 is 0. The standard InChI is InChI=1S/C8H18Si/c1-7(2)9-8-5-3-4-6-8/h7-8H,3-6,9H2,1-2H3. The zero-order valence-corrected chi connectivity index (χ0v) is 8.10. The maximum Gasteiger partial charge on any atom is 0.0257 e. The van der Waals surface area contributed by atoms with Crippen LogP contribution < -0.4 is 0 Å². The van der Waals surface area contributed by atoms with Crippen molar-refractivity contribution in [3.05, 3.63) is 0 Å². The SMILES string of the molecule is CC(C)[SiH2]C1CCCC1. The molecule has 0 aromatic heterocycles. The minimum Gasteiger partial charge on any atom is -0.0657 e. The van der Waals surface area contributed by atoms with Gasteiger partial charge in [-0.1, -0.05) is 50.6 Å². The molecule has 0 saturated heterocycles. The van der Waals surface area contributed by atoms with Crippen LogP contribution in [0.1, 0.15) is 39.5 Å². The quantitative estimate of drug-likeness (QED) is 0.519. The normalized spacial score (nSPS) is 23.0. The summed E-state index contributed by atoms with van der Waals surface area (Å²) in [6.07, 6.45) is 6.21. The van der Waals surface area contributed by atoms with Gasteiger partial charge in [-0.05, 0) is 0 Å². The first-order valence-electron chi connectivity index (χ1n) is 4.29. The summed E-state index contributed by atoms with van der Waals surface area (Å²) in [5, 5.41) is 0. The average Bonchev–Trinajstić information content (AvgIpc) is 2.15. The Balaban J connectivity index is 2.11. The van der Waals surface area contributed by atoms with Gasteiger partial charge in [0, 0.05) is 9.52 Å². The molecule has 1 saturated carbocycles. The van der Waals surface area contributed by atoms with Gasteiger partial charge in [-0.25, -0.2) is 0 Å². The van der Waals surface area contributed by atoms with Crippen LogP contribution in [0.25, 0.3) is 0 Å². The zero-order chi connectivity index (χ0) is 6.69. The summed E-state index contributed by atoms with van der Waals surface area (Å²) in [6, 6.07) is 0. The fraction of sp³-hybridized carbons (Fsp3) is 1.00. The van der Waals surface area contributed by atoms with Gasteiger partial charge in [0.05, 0.1) is 0 Å². The van der Waals surface area contributed by atoms with Crippen LogP contribution in [0.5, 0.6) is 0 Å². The smallest absolute Gasteiger partial charge is 0.0257 e. The van der Waals surface area contributed by atoms with Gasteiger partial charge in [0.25, 0.3) is 0 Å². The van der Waals surface area contributed by atoms with Crippen LogP contribution >= 0.6 is 0 Å². The van der Waals surface area contributed by atoms with Crippen molar-refractivity contribution in [2.75, 3.05) is 0 Å². The molecule has 0 unspecified atom stereocenters. The summed E-state index contributed by atoms with van der Waals surface area (Å²) in [5.74, 6) is 0. The minimum absolute atomic E-state index is 0.323. The third-order valence-electron chi connectivity index (χ3n) is 2.28. The first-order chi connectivity index (χ1) is 4.29. The van der Waals surface area contributed by atoms with Crippen LogP contribution in [-0.2, 0) is 0 Å². The Bertz CT molecular complexity index is 72.6. The van der Waals surface area contributed by atoms with E-state index in [-0.39, 0.29) is 0 Å². The highest BCUT2D eigenvalue weighted by atomic mass is 28.2. The predicted octanol–water partition coefficient (Wildman–Crippen LogP) is 2.35. The molecule has 0 heterocycles. The lowest BCUT2D eigenvalue weighted by Gasteiger charge is -2.09. The molecule has 0 aromatic rings. The number of rotatable bonds is 2. The van der Waals surface area contributed by atoms with E-state index in [0.717, 1.165) is 5.54 Å². The van der Waals surface area contributed by atoms with Crippen LogP contribution in [0.2, 0.25) is 11.1 Å². The number of hydrogen-bond acceptors (Lipinski definition) is 0. The van der Waals surface area contributed by atoms with Gasteiger partial charge >= 0.3 is 0 Å². The van der Waals surface area contributed by atoms with E-state index in [9.17, 15) is 0 Å². The second kappa shape index (κ2) is 3.40. The van der Waals surface area contributed by atoms with Crippen molar-refractivity contribution in [2.45, 2.75) is 50.6 Å². The highest BCUT2D eigenvalue weighted by Crippen LogP contribution is 2.31.